The van der Waals surface area contributed by atoms with Gasteiger partial charge < -0.3 is 25.7 Å². The number of hydrogen-bond acceptors (Lipinski definition) is 5. The van der Waals surface area contributed by atoms with Gasteiger partial charge in [-0.3, -0.25) is 4.79 Å². The second-order valence-electron chi connectivity index (χ2n) is 21.0. The molecule has 0 fully saturated rings. The number of aliphatic hydroxyl groups excluding tert-OH is 4. The van der Waals surface area contributed by atoms with Crippen molar-refractivity contribution < 1.29 is 25.2 Å². The molecule has 0 bridgehead atoms. The van der Waals surface area contributed by atoms with Gasteiger partial charge in [0.05, 0.1) is 18.8 Å². The molecule has 6 nitrogen and oxygen atoms in total. The molecule has 6 heteroatoms. The van der Waals surface area contributed by atoms with Crippen molar-refractivity contribution in [2.75, 3.05) is 6.61 Å². The summed E-state index contributed by atoms with van der Waals surface area (Å²) in [5, 5.41) is 44.0. The zero-order valence-electron chi connectivity index (χ0n) is 46.1. The van der Waals surface area contributed by atoms with Crippen LogP contribution in [-0.2, 0) is 4.79 Å². The minimum Gasteiger partial charge on any atom is -0.394 e. The van der Waals surface area contributed by atoms with Gasteiger partial charge in [-0.05, 0) is 89.9 Å². The summed E-state index contributed by atoms with van der Waals surface area (Å²) >= 11 is 0. The number of carbonyl (C=O) groups excluding carboxylic acids is 1. The molecule has 0 saturated heterocycles. The van der Waals surface area contributed by atoms with Crippen LogP contribution in [-0.4, -0.2) is 57.3 Å². The summed E-state index contributed by atoms with van der Waals surface area (Å²) in [5.41, 5.74) is 0. The highest BCUT2D eigenvalue weighted by molar-refractivity contribution is 5.80. The first kappa shape index (κ1) is 67.3. The van der Waals surface area contributed by atoms with E-state index < -0.39 is 36.9 Å². The molecule has 0 heterocycles. The van der Waals surface area contributed by atoms with Gasteiger partial charge in [0.25, 0.3) is 0 Å². The van der Waals surface area contributed by atoms with E-state index in [0.29, 0.717) is 19.3 Å². The van der Waals surface area contributed by atoms with Crippen LogP contribution in [0.3, 0.4) is 0 Å². The van der Waals surface area contributed by atoms with E-state index in [0.717, 1.165) is 64.2 Å². The molecule has 5 N–H and O–H groups in total. The van der Waals surface area contributed by atoms with E-state index in [1.807, 2.05) is 0 Å². The number of unbranched alkanes of at least 4 members (excludes halogenated alkanes) is 39. The molecule has 0 aromatic rings. The van der Waals surface area contributed by atoms with Gasteiger partial charge in [0.15, 0.2) is 0 Å². The topological polar surface area (TPSA) is 110 Å². The Labute approximate surface area is 429 Å². The molecular formula is C63H119NO5. The van der Waals surface area contributed by atoms with Crippen molar-refractivity contribution in [2.24, 2.45) is 0 Å². The minimum absolute atomic E-state index is 0.351. The molecule has 0 saturated carbocycles. The van der Waals surface area contributed by atoms with Crippen LogP contribution in [0.4, 0.5) is 0 Å². The zero-order valence-corrected chi connectivity index (χ0v) is 46.1. The Kier molecular flexibility index (Phi) is 55.7. The third kappa shape index (κ3) is 51.0. The molecule has 1 amide bonds. The second-order valence-corrected chi connectivity index (χ2v) is 21.0. The number of rotatable bonds is 56. The minimum atomic E-state index is -1.30. The van der Waals surface area contributed by atoms with Crippen molar-refractivity contribution in [3.8, 4) is 0 Å². The van der Waals surface area contributed by atoms with Gasteiger partial charge >= 0.3 is 0 Å². The maximum Gasteiger partial charge on any atom is 0.249 e. The average Bonchev–Trinajstić information content (AvgIpc) is 3.35. The SMILES string of the molecule is CCCCCCCCCCCCC/C=C\CCCCCCCCC(O)C(=O)NC(CO)C(O)C(O)CCC/C=C/CC/C=C/CC/C=C/CCCCCCCCCCCCCCCCCCCCC. The Morgan fingerprint density at radius 1 is 0.348 bits per heavy atom. The monoisotopic (exact) mass is 970 g/mol. The summed E-state index contributed by atoms with van der Waals surface area (Å²) in [6.07, 6.45) is 73.5. The molecular weight excluding hydrogens is 851 g/mol. The largest absolute Gasteiger partial charge is 0.394 e. The maximum absolute atomic E-state index is 12.6. The lowest BCUT2D eigenvalue weighted by Crippen LogP contribution is -2.53. The highest BCUT2D eigenvalue weighted by atomic mass is 16.3. The summed E-state index contributed by atoms with van der Waals surface area (Å²) < 4.78 is 0. The highest BCUT2D eigenvalue weighted by Gasteiger charge is 2.28. The van der Waals surface area contributed by atoms with Crippen LogP contribution in [0.5, 0.6) is 0 Å². The maximum atomic E-state index is 12.6. The van der Waals surface area contributed by atoms with Crippen LogP contribution in [0.2, 0.25) is 0 Å². The van der Waals surface area contributed by atoms with Crippen LogP contribution in [0.15, 0.2) is 48.6 Å². The number of hydrogen-bond donors (Lipinski definition) is 5. The number of allylic oxidation sites excluding steroid dienone is 8. The molecule has 0 aliphatic rings. The van der Waals surface area contributed by atoms with Gasteiger partial charge in [0.1, 0.15) is 12.2 Å². The lowest BCUT2D eigenvalue weighted by Gasteiger charge is -2.27. The van der Waals surface area contributed by atoms with Gasteiger partial charge in [-0.2, -0.15) is 0 Å². The van der Waals surface area contributed by atoms with Crippen LogP contribution in [0.25, 0.3) is 0 Å². The zero-order chi connectivity index (χ0) is 50.2. The molecule has 0 radical (unpaired) electrons. The van der Waals surface area contributed by atoms with Crippen molar-refractivity contribution in [1.82, 2.24) is 5.32 Å². The Morgan fingerprint density at radius 3 is 0.913 bits per heavy atom. The van der Waals surface area contributed by atoms with Gasteiger partial charge in [0, 0.05) is 0 Å². The lowest BCUT2D eigenvalue weighted by molar-refractivity contribution is -0.132. The number of carbonyl (C=O) groups is 1. The first-order valence-electron chi connectivity index (χ1n) is 30.5. The fourth-order valence-corrected chi connectivity index (χ4v) is 9.43. The van der Waals surface area contributed by atoms with Gasteiger partial charge in [-0.1, -0.05) is 274 Å². The van der Waals surface area contributed by atoms with E-state index in [1.54, 1.807) is 0 Å². The normalized spacial score (nSPS) is 14.0. The first-order chi connectivity index (χ1) is 34.0. The molecule has 4 atom stereocenters. The summed E-state index contributed by atoms with van der Waals surface area (Å²) in [5.74, 6) is -0.602. The van der Waals surface area contributed by atoms with Crippen molar-refractivity contribution in [2.45, 2.75) is 340 Å². The molecule has 0 aliphatic heterocycles. The van der Waals surface area contributed by atoms with Crippen LogP contribution < -0.4 is 5.32 Å². The predicted octanol–water partition coefficient (Wildman–Crippen LogP) is 18.1. The summed E-state index contributed by atoms with van der Waals surface area (Å²) in [6, 6.07) is -1.02. The molecule has 0 aliphatic carbocycles. The molecule has 0 spiro atoms. The third-order valence-corrected chi connectivity index (χ3v) is 14.2. The lowest BCUT2D eigenvalue weighted by atomic mass is 10.00. The smallest absolute Gasteiger partial charge is 0.249 e. The average molecular weight is 971 g/mol. The standard InChI is InChI=1S/C63H119NO5/c1-3-5-7-9-11-13-15-17-19-21-23-25-26-27-28-29-30-31-32-33-34-35-37-38-40-42-44-46-48-50-52-54-56-60(66)62(68)59(58-65)64-63(69)61(67)57-55-53-51-49-47-45-43-41-39-36-24-22-20-18-16-14-12-10-8-6-4-2/h34-35,39-42,48,50,59-62,65-68H,3-33,36-38,43-47,49,51-58H2,1-2H3,(H,64,69)/b35-34+,41-39-,42-40+,50-48+. The Balaban J connectivity index is 3.68. The van der Waals surface area contributed by atoms with Crippen molar-refractivity contribution in [3.63, 3.8) is 0 Å². The van der Waals surface area contributed by atoms with E-state index in [2.05, 4.69) is 67.8 Å². The van der Waals surface area contributed by atoms with Crippen molar-refractivity contribution in [1.29, 1.82) is 0 Å². The van der Waals surface area contributed by atoms with Crippen LogP contribution in [0.1, 0.15) is 316 Å². The number of aliphatic hydroxyl groups is 4. The molecule has 406 valence electrons. The highest BCUT2D eigenvalue weighted by Crippen LogP contribution is 2.17. The van der Waals surface area contributed by atoms with E-state index in [-0.39, 0.29) is 0 Å². The van der Waals surface area contributed by atoms with E-state index in [4.69, 9.17) is 0 Å². The van der Waals surface area contributed by atoms with E-state index >= 15 is 0 Å². The summed E-state index contributed by atoms with van der Waals surface area (Å²) in [6.45, 7) is 4.07. The molecule has 4 unspecified atom stereocenters. The summed E-state index contributed by atoms with van der Waals surface area (Å²) in [7, 11) is 0. The fraction of sp³-hybridized carbons (Fsp3) is 0.857. The third-order valence-electron chi connectivity index (χ3n) is 14.2. The van der Waals surface area contributed by atoms with Gasteiger partial charge in [-0.25, -0.2) is 0 Å². The Hall–Kier alpha value is -1.73. The van der Waals surface area contributed by atoms with Gasteiger partial charge in [0.2, 0.25) is 5.91 Å². The second kappa shape index (κ2) is 57.2. The van der Waals surface area contributed by atoms with Crippen molar-refractivity contribution >= 4 is 5.91 Å². The molecule has 0 aromatic carbocycles. The van der Waals surface area contributed by atoms with Crippen molar-refractivity contribution in [3.05, 3.63) is 48.6 Å². The Morgan fingerprint density at radius 2 is 0.609 bits per heavy atom. The first-order valence-corrected chi connectivity index (χ1v) is 30.5. The predicted molar refractivity (Wildman–Crippen MR) is 302 cm³/mol. The van der Waals surface area contributed by atoms with Crippen LogP contribution >= 0.6 is 0 Å². The van der Waals surface area contributed by atoms with E-state index in [9.17, 15) is 25.2 Å². The molecule has 69 heavy (non-hydrogen) atoms. The fourth-order valence-electron chi connectivity index (χ4n) is 9.43. The summed E-state index contributed by atoms with van der Waals surface area (Å²) in [4.78, 5) is 12.6. The Bertz CT molecular complexity index is 1130. The van der Waals surface area contributed by atoms with Crippen LogP contribution in [0, 0.1) is 0 Å². The number of amides is 1. The molecule has 0 aromatic heterocycles. The van der Waals surface area contributed by atoms with E-state index in [1.165, 1.54) is 218 Å². The quantitative estimate of drug-likeness (QED) is 0.0308. The molecule has 0 rings (SSSR count). The van der Waals surface area contributed by atoms with Gasteiger partial charge in [-0.15, -0.1) is 0 Å². The number of nitrogens with one attached hydrogen (secondary N) is 1.